The third kappa shape index (κ3) is 4.61. The maximum atomic E-state index is 12.6. The molecule has 1 unspecified atom stereocenters. The van der Waals surface area contributed by atoms with E-state index in [1.54, 1.807) is 13.8 Å². The molecule has 0 heterocycles. The second kappa shape index (κ2) is 9.05. The van der Waals surface area contributed by atoms with Gasteiger partial charge in [0.1, 0.15) is 0 Å². The second-order valence-electron chi connectivity index (χ2n) is 6.61. The van der Waals surface area contributed by atoms with Crippen LogP contribution in [0.3, 0.4) is 0 Å². The number of benzene rings is 3. The lowest BCUT2D eigenvalue weighted by Gasteiger charge is -2.28. The molecule has 3 aromatic carbocycles. The molecule has 3 aromatic rings. The van der Waals surface area contributed by atoms with Crippen molar-refractivity contribution in [1.29, 1.82) is 0 Å². The molecule has 0 saturated carbocycles. The van der Waals surface area contributed by atoms with Gasteiger partial charge in [-0.05, 0) is 48.2 Å². The van der Waals surface area contributed by atoms with Crippen LogP contribution in [0.25, 0.3) is 11.1 Å². The molecule has 0 aliphatic heterocycles. The molecule has 144 valence electrons. The minimum absolute atomic E-state index is 0.297. The molecule has 0 aliphatic rings. The van der Waals surface area contributed by atoms with E-state index < -0.39 is 5.60 Å². The summed E-state index contributed by atoms with van der Waals surface area (Å²) in [6.07, 6.45) is 0. The van der Waals surface area contributed by atoms with Crippen LogP contribution in [-0.4, -0.2) is 12.6 Å². The summed E-state index contributed by atoms with van der Waals surface area (Å²) in [5.74, 6) is -0.390. The second-order valence-corrected chi connectivity index (χ2v) is 7.05. The highest BCUT2D eigenvalue weighted by molar-refractivity contribution is 6.30. The Hall–Kier alpha value is -2.62. The number of halogens is 1. The molecule has 0 amide bonds. The molecule has 0 N–H and O–H groups in total. The Kier molecular flexibility index (Phi) is 6.50. The van der Waals surface area contributed by atoms with Crippen molar-refractivity contribution < 1.29 is 14.3 Å². The first-order chi connectivity index (χ1) is 13.5. The van der Waals surface area contributed by atoms with Crippen LogP contribution in [0, 0.1) is 0 Å². The summed E-state index contributed by atoms with van der Waals surface area (Å²) in [7, 11) is 0. The number of esters is 1. The first kappa shape index (κ1) is 20.1. The average molecular weight is 395 g/mol. The highest BCUT2D eigenvalue weighted by Gasteiger charge is 2.38. The number of rotatable bonds is 7. The Labute approximate surface area is 170 Å². The molecule has 3 nitrogen and oxygen atoms in total. The van der Waals surface area contributed by atoms with Gasteiger partial charge in [0.2, 0.25) is 0 Å². The number of hydrogen-bond donors (Lipinski definition) is 0. The molecule has 4 heteroatoms. The number of carbonyl (C=O) groups excluding carboxylic acids is 1. The summed E-state index contributed by atoms with van der Waals surface area (Å²) in [6, 6.07) is 25.2. The van der Waals surface area contributed by atoms with Crippen LogP contribution >= 0.6 is 11.6 Å². The van der Waals surface area contributed by atoms with Crippen LogP contribution in [0.1, 0.15) is 25.0 Å². The highest BCUT2D eigenvalue weighted by Crippen LogP contribution is 2.29. The van der Waals surface area contributed by atoms with E-state index in [9.17, 15) is 4.79 Å². The van der Waals surface area contributed by atoms with Gasteiger partial charge in [0.15, 0.2) is 5.60 Å². The van der Waals surface area contributed by atoms with Crippen LogP contribution in [0.4, 0.5) is 0 Å². The molecule has 0 bridgehead atoms. The van der Waals surface area contributed by atoms with Gasteiger partial charge in [0, 0.05) is 5.02 Å². The highest BCUT2D eigenvalue weighted by atomic mass is 35.5. The molecule has 0 radical (unpaired) electrons. The predicted molar refractivity (Wildman–Crippen MR) is 112 cm³/mol. The van der Waals surface area contributed by atoms with Crippen LogP contribution in [0.2, 0.25) is 5.02 Å². The van der Waals surface area contributed by atoms with Gasteiger partial charge >= 0.3 is 5.97 Å². The summed E-state index contributed by atoms with van der Waals surface area (Å²) in [6.45, 7) is 4.15. The van der Waals surface area contributed by atoms with Crippen molar-refractivity contribution in [2.24, 2.45) is 0 Å². The molecule has 3 rings (SSSR count). The Morgan fingerprint density at radius 1 is 0.893 bits per heavy atom. The number of ether oxygens (including phenoxy) is 2. The van der Waals surface area contributed by atoms with Gasteiger partial charge in [0.05, 0.1) is 13.2 Å². The monoisotopic (exact) mass is 394 g/mol. The van der Waals surface area contributed by atoms with Crippen molar-refractivity contribution in [3.8, 4) is 11.1 Å². The van der Waals surface area contributed by atoms with Gasteiger partial charge in [-0.25, -0.2) is 4.79 Å². The van der Waals surface area contributed by atoms with Gasteiger partial charge in [0.25, 0.3) is 0 Å². The molecular formula is C24H23ClO3. The third-order valence-corrected chi connectivity index (χ3v) is 4.90. The van der Waals surface area contributed by atoms with E-state index >= 15 is 0 Å². The summed E-state index contributed by atoms with van der Waals surface area (Å²) < 4.78 is 11.3. The lowest BCUT2D eigenvalue weighted by molar-refractivity contribution is -0.173. The fraction of sp³-hybridized carbons (Fsp3) is 0.208. The first-order valence-electron chi connectivity index (χ1n) is 9.24. The SMILES string of the molecule is CCOC(=O)C(C)(OCc1ccc(-c2ccc(Cl)cc2)cc1)c1ccccc1. The molecule has 0 saturated heterocycles. The Morgan fingerprint density at radius 3 is 2.04 bits per heavy atom. The normalized spacial score (nSPS) is 13.0. The summed E-state index contributed by atoms with van der Waals surface area (Å²) in [5.41, 5.74) is 2.77. The first-order valence-corrected chi connectivity index (χ1v) is 9.62. The van der Waals surface area contributed by atoms with Gasteiger partial charge < -0.3 is 9.47 Å². The molecule has 28 heavy (non-hydrogen) atoms. The van der Waals surface area contributed by atoms with E-state index in [1.165, 1.54) is 0 Å². The maximum absolute atomic E-state index is 12.6. The fourth-order valence-corrected chi connectivity index (χ4v) is 3.07. The quantitative estimate of drug-likeness (QED) is 0.461. The van der Waals surface area contributed by atoms with Gasteiger partial charge in [-0.3, -0.25) is 0 Å². The van der Waals surface area contributed by atoms with Crippen molar-refractivity contribution in [2.75, 3.05) is 6.61 Å². The van der Waals surface area contributed by atoms with Crippen molar-refractivity contribution in [3.63, 3.8) is 0 Å². The van der Waals surface area contributed by atoms with E-state index in [1.807, 2.05) is 78.9 Å². The van der Waals surface area contributed by atoms with E-state index in [-0.39, 0.29) is 5.97 Å². The van der Waals surface area contributed by atoms with E-state index in [0.717, 1.165) is 22.3 Å². The summed E-state index contributed by atoms with van der Waals surface area (Å²) in [4.78, 5) is 12.6. The lowest BCUT2D eigenvalue weighted by Crippen LogP contribution is -2.37. The van der Waals surface area contributed by atoms with E-state index in [2.05, 4.69) is 0 Å². The molecule has 0 aromatic heterocycles. The minimum atomic E-state index is -1.16. The van der Waals surface area contributed by atoms with Gasteiger partial charge in [-0.1, -0.05) is 78.3 Å². The third-order valence-electron chi connectivity index (χ3n) is 4.65. The van der Waals surface area contributed by atoms with Crippen molar-refractivity contribution in [3.05, 3.63) is 95.0 Å². The van der Waals surface area contributed by atoms with Crippen LogP contribution in [0.5, 0.6) is 0 Å². The standard InChI is InChI=1S/C24H23ClO3/c1-3-27-23(26)24(2,21-7-5-4-6-8-21)28-17-18-9-11-19(12-10-18)20-13-15-22(25)16-14-20/h4-16H,3,17H2,1-2H3. The molecule has 0 fully saturated rings. The number of hydrogen-bond acceptors (Lipinski definition) is 3. The predicted octanol–water partition coefficient (Wildman–Crippen LogP) is 6.00. The molecule has 1 atom stereocenters. The lowest BCUT2D eigenvalue weighted by atomic mass is 9.95. The minimum Gasteiger partial charge on any atom is -0.464 e. The van der Waals surface area contributed by atoms with E-state index in [0.29, 0.717) is 18.2 Å². The van der Waals surface area contributed by atoms with Crippen molar-refractivity contribution in [1.82, 2.24) is 0 Å². The van der Waals surface area contributed by atoms with Gasteiger partial charge in [-0.2, -0.15) is 0 Å². The van der Waals surface area contributed by atoms with Crippen LogP contribution < -0.4 is 0 Å². The summed E-state index contributed by atoms with van der Waals surface area (Å²) >= 11 is 5.95. The van der Waals surface area contributed by atoms with Crippen molar-refractivity contribution in [2.45, 2.75) is 26.1 Å². The zero-order valence-corrected chi connectivity index (χ0v) is 16.8. The Balaban J connectivity index is 1.76. The molecular weight excluding hydrogens is 372 g/mol. The topological polar surface area (TPSA) is 35.5 Å². The zero-order valence-electron chi connectivity index (χ0n) is 16.0. The van der Waals surface area contributed by atoms with Gasteiger partial charge in [-0.15, -0.1) is 0 Å². The maximum Gasteiger partial charge on any atom is 0.342 e. The van der Waals surface area contributed by atoms with Crippen molar-refractivity contribution >= 4 is 17.6 Å². The Bertz CT molecular complexity index is 905. The number of carbonyl (C=O) groups is 1. The van der Waals surface area contributed by atoms with E-state index in [4.69, 9.17) is 21.1 Å². The Morgan fingerprint density at radius 2 is 1.46 bits per heavy atom. The largest absolute Gasteiger partial charge is 0.464 e. The van der Waals surface area contributed by atoms with Crippen LogP contribution in [-0.2, 0) is 26.5 Å². The smallest absolute Gasteiger partial charge is 0.342 e. The molecule has 0 spiro atoms. The summed E-state index contributed by atoms with van der Waals surface area (Å²) in [5, 5.41) is 0.716. The average Bonchev–Trinajstić information content (AvgIpc) is 2.74. The fourth-order valence-electron chi connectivity index (χ4n) is 2.95. The molecule has 0 aliphatic carbocycles. The van der Waals surface area contributed by atoms with Crippen LogP contribution in [0.15, 0.2) is 78.9 Å². The zero-order chi connectivity index (χ0) is 20.0.